The molecule has 0 spiro atoms. The van der Waals surface area contributed by atoms with Gasteiger partial charge >= 0.3 is 0 Å². The third-order valence-electron chi connectivity index (χ3n) is 5.62. The number of imidazole rings is 1. The number of nitrogens with zero attached hydrogens (tertiary/aromatic N) is 4. The van der Waals surface area contributed by atoms with Crippen molar-refractivity contribution in [3.63, 3.8) is 0 Å². The van der Waals surface area contributed by atoms with Crippen LogP contribution < -0.4 is 10.6 Å². The smallest absolute Gasteiger partial charge is 0.225 e. The molecule has 0 bridgehead atoms. The zero-order chi connectivity index (χ0) is 22.1. The molecule has 0 aliphatic carbocycles. The second kappa shape index (κ2) is 9.24. The number of benzene rings is 2. The number of nitrogens with one attached hydrogen (secondary N) is 2. The Morgan fingerprint density at radius 2 is 1.88 bits per heavy atom. The van der Waals surface area contributed by atoms with E-state index in [0.717, 1.165) is 37.3 Å². The number of rotatable bonds is 6. The average molecular weight is 488 g/mol. The standard InChI is InChI=1S/C23H21Cl3N6/c24-16-4-1-3-14(9-16)11-28-23-29-12-19-21(31-23)32(13-15-7-8-27-10-15)22(30-19)20-17(25)5-2-6-18(20)26/h1-6,9,12,15,27H,7-8,10-11,13H2,(H,28,29,31)/t15-/m0/s1. The van der Waals surface area contributed by atoms with Crippen LogP contribution in [0.25, 0.3) is 22.6 Å². The van der Waals surface area contributed by atoms with Crippen LogP contribution in [0, 0.1) is 5.92 Å². The lowest BCUT2D eigenvalue weighted by molar-refractivity contribution is 0.490. The van der Waals surface area contributed by atoms with Crippen LogP contribution in [0.2, 0.25) is 15.1 Å². The normalized spacial score (nSPS) is 16.0. The monoisotopic (exact) mass is 486 g/mol. The summed E-state index contributed by atoms with van der Waals surface area (Å²) in [4.78, 5) is 14.1. The molecule has 6 nitrogen and oxygen atoms in total. The lowest BCUT2D eigenvalue weighted by Crippen LogP contribution is -2.16. The van der Waals surface area contributed by atoms with Crippen molar-refractivity contribution in [2.45, 2.75) is 19.5 Å². The summed E-state index contributed by atoms with van der Waals surface area (Å²) >= 11 is 19.2. The van der Waals surface area contributed by atoms with Gasteiger partial charge in [0.1, 0.15) is 11.3 Å². The summed E-state index contributed by atoms with van der Waals surface area (Å²) in [7, 11) is 0. The highest BCUT2D eigenvalue weighted by Crippen LogP contribution is 2.36. The maximum Gasteiger partial charge on any atom is 0.225 e. The van der Waals surface area contributed by atoms with Crippen molar-refractivity contribution in [1.29, 1.82) is 0 Å². The molecule has 0 saturated carbocycles. The van der Waals surface area contributed by atoms with Gasteiger partial charge in [-0.3, -0.25) is 0 Å². The third kappa shape index (κ3) is 4.41. The van der Waals surface area contributed by atoms with E-state index in [1.54, 1.807) is 6.20 Å². The Kier molecular flexibility index (Phi) is 6.20. The fourth-order valence-corrected chi connectivity index (χ4v) is 4.82. The van der Waals surface area contributed by atoms with Crippen molar-refractivity contribution in [2.75, 3.05) is 18.4 Å². The van der Waals surface area contributed by atoms with E-state index in [-0.39, 0.29) is 0 Å². The second-order valence-electron chi connectivity index (χ2n) is 7.89. The first-order valence-corrected chi connectivity index (χ1v) is 11.6. The second-order valence-corrected chi connectivity index (χ2v) is 9.14. The first-order chi connectivity index (χ1) is 15.6. The van der Waals surface area contributed by atoms with Crippen LogP contribution in [0.1, 0.15) is 12.0 Å². The van der Waals surface area contributed by atoms with E-state index in [1.807, 2.05) is 42.5 Å². The van der Waals surface area contributed by atoms with Crippen LogP contribution in [0.5, 0.6) is 0 Å². The van der Waals surface area contributed by atoms with Gasteiger partial charge in [0.25, 0.3) is 0 Å². The average Bonchev–Trinajstić information content (AvgIpc) is 3.41. The lowest BCUT2D eigenvalue weighted by atomic mass is 10.1. The molecule has 0 unspecified atom stereocenters. The molecule has 1 aliphatic heterocycles. The van der Waals surface area contributed by atoms with E-state index in [1.165, 1.54) is 0 Å². The number of fused-ring (bicyclic) bond motifs is 1. The van der Waals surface area contributed by atoms with E-state index < -0.39 is 0 Å². The van der Waals surface area contributed by atoms with Crippen molar-refractivity contribution in [1.82, 2.24) is 24.8 Å². The molecule has 3 heterocycles. The third-order valence-corrected chi connectivity index (χ3v) is 6.48. The molecule has 2 N–H and O–H groups in total. The molecular weight excluding hydrogens is 467 g/mol. The van der Waals surface area contributed by atoms with Crippen molar-refractivity contribution in [3.05, 3.63) is 69.3 Å². The number of hydrogen-bond donors (Lipinski definition) is 2. The van der Waals surface area contributed by atoms with Gasteiger partial charge in [0.2, 0.25) is 5.95 Å². The first-order valence-electron chi connectivity index (χ1n) is 10.4. The lowest BCUT2D eigenvalue weighted by Gasteiger charge is -2.15. The number of hydrogen-bond acceptors (Lipinski definition) is 5. The fourth-order valence-electron chi connectivity index (χ4n) is 4.04. The summed E-state index contributed by atoms with van der Waals surface area (Å²) in [5.74, 6) is 1.72. The highest BCUT2D eigenvalue weighted by molar-refractivity contribution is 6.39. The van der Waals surface area contributed by atoms with Gasteiger partial charge in [0, 0.05) is 18.1 Å². The molecule has 5 rings (SSSR count). The van der Waals surface area contributed by atoms with Gasteiger partial charge in [-0.05, 0) is 55.3 Å². The highest BCUT2D eigenvalue weighted by atomic mass is 35.5. The predicted molar refractivity (Wildman–Crippen MR) is 131 cm³/mol. The van der Waals surface area contributed by atoms with Crippen molar-refractivity contribution < 1.29 is 0 Å². The topological polar surface area (TPSA) is 67.7 Å². The largest absolute Gasteiger partial charge is 0.350 e. The van der Waals surface area contributed by atoms with E-state index in [2.05, 4.69) is 20.2 Å². The van der Waals surface area contributed by atoms with Gasteiger partial charge in [-0.25, -0.2) is 9.97 Å². The number of halogens is 3. The minimum absolute atomic E-state index is 0.477. The van der Waals surface area contributed by atoms with Crippen molar-refractivity contribution in [3.8, 4) is 11.4 Å². The summed E-state index contributed by atoms with van der Waals surface area (Å²) in [5.41, 5.74) is 3.23. The van der Waals surface area contributed by atoms with Gasteiger partial charge in [-0.2, -0.15) is 4.98 Å². The quantitative estimate of drug-likeness (QED) is 0.366. The van der Waals surface area contributed by atoms with Gasteiger partial charge < -0.3 is 15.2 Å². The Morgan fingerprint density at radius 3 is 2.62 bits per heavy atom. The molecular formula is C23H21Cl3N6. The molecule has 1 aliphatic rings. The predicted octanol–water partition coefficient (Wildman–Crippen LogP) is 5.68. The molecule has 0 radical (unpaired) electrons. The number of aromatic nitrogens is 4. The molecule has 32 heavy (non-hydrogen) atoms. The summed E-state index contributed by atoms with van der Waals surface area (Å²) < 4.78 is 2.12. The Morgan fingerprint density at radius 1 is 1.06 bits per heavy atom. The summed E-state index contributed by atoms with van der Waals surface area (Å²) in [6.07, 6.45) is 2.83. The Bertz CT molecular complexity index is 1250. The van der Waals surface area contributed by atoms with Crippen LogP contribution in [0.4, 0.5) is 5.95 Å². The molecule has 9 heteroatoms. The van der Waals surface area contributed by atoms with E-state index in [9.17, 15) is 0 Å². The molecule has 2 aromatic heterocycles. The summed E-state index contributed by atoms with van der Waals surface area (Å²) in [5, 5.41) is 8.54. The Balaban J connectivity index is 1.54. The maximum atomic E-state index is 6.53. The molecule has 164 valence electrons. The minimum atomic E-state index is 0.477. The van der Waals surface area contributed by atoms with Crippen LogP contribution in [-0.4, -0.2) is 32.6 Å². The Labute approximate surface area is 200 Å². The van der Waals surface area contributed by atoms with Gasteiger partial charge in [-0.15, -0.1) is 0 Å². The van der Waals surface area contributed by atoms with Gasteiger partial charge in [0.05, 0.1) is 21.8 Å². The van der Waals surface area contributed by atoms with Crippen LogP contribution in [0.15, 0.2) is 48.7 Å². The SMILES string of the molecule is Clc1cccc(CNc2ncc3nc(-c4c(Cl)cccc4Cl)n(C[C@H]4CCNC4)c3n2)c1. The number of anilines is 1. The molecule has 1 atom stereocenters. The van der Waals surface area contributed by atoms with Crippen molar-refractivity contribution >= 4 is 51.9 Å². The maximum absolute atomic E-state index is 6.53. The van der Waals surface area contributed by atoms with E-state index in [4.69, 9.17) is 44.8 Å². The van der Waals surface area contributed by atoms with Crippen LogP contribution >= 0.6 is 34.8 Å². The Hall–Kier alpha value is -2.38. The molecule has 1 saturated heterocycles. The first kappa shape index (κ1) is 21.5. The fraction of sp³-hybridized carbons (Fsp3) is 0.261. The molecule has 0 amide bonds. The summed E-state index contributed by atoms with van der Waals surface area (Å²) in [6.45, 7) is 3.31. The van der Waals surface area contributed by atoms with Gasteiger partial charge in [0.15, 0.2) is 5.65 Å². The van der Waals surface area contributed by atoms with E-state index in [0.29, 0.717) is 50.4 Å². The zero-order valence-electron chi connectivity index (χ0n) is 17.2. The summed E-state index contributed by atoms with van der Waals surface area (Å²) in [6, 6.07) is 13.2. The van der Waals surface area contributed by atoms with Crippen LogP contribution in [-0.2, 0) is 13.1 Å². The minimum Gasteiger partial charge on any atom is -0.350 e. The van der Waals surface area contributed by atoms with Crippen LogP contribution in [0.3, 0.4) is 0 Å². The molecule has 4 aromatic rings. The molecule has 2 aromatic carbocycles. The van der Waals surface area contributed by atoms with Gasteiger partial charge in [-0.1, -0.05) is 53.0 Å². The van der Waals surface area contributed by atoms with Crippen molar-refractivity contribution in [2.24, 2.45) is 5.92 Å². The zero-order valence-corrected chi connectivity index (χ0v) is 19.4. The van der Waals surface area contributed by atoms with E-state index >= 15 is 0 Å². The molecule has 1 fully saturated rings. The highest BCUT2D eigenvalue weighted by Gasteiger charge is 2.23.